The first-order chi connectivity index (χ1) is 7.72. The molecule has 0 atom stereocenters. The molecule has 0 bridgehead atoms. The molecule has 1 aromatic rings. The van der Waals surface area contributed by atoms with Crippen LogP contribution in [-0.4, -0.2) is 32.0 Å². The number of esters is 1. The molecule has 5 heteroatoms. The molecule has 5 nitrogen and oxygen atoms in total. The minimum Gasteiger partial charge on any atom is -0.465 e. The number of hydrogen-bond acceptors (Lipinski definition) is 5. The molecule has 1 heterocycles. The number of anilines is 1. The highest BCUT2D eigenvalue weighted by Gasteiger charge is 2.13. The van der Waals surface area contributed by atoms with Gasteiger partial charge >= 0.3 is 5.97 Å². The zero-order valence-electron chi connectivity index (χ0n) is 8.99. The minimum atomic E-state index is -0.389. The molecule has 1 aromatic carbocycles. The fourth-order valence-electron chi connectivity index (χ4n) is 1.60. The lowest BCUT2D eigenvalue weighted by molar-refractivity contribution is 0.0601. The van der Waals surface area contributed by atoms with Crippen LogP contribution < -0.4 is 11.1 Å². The second-order valence-corrected chi connectivity index (χ2v) is 3.45. The van der Waals surface area contributed by atoms with Gasteiger partial charge in [0.15, 0.2) is 0 Å². The number of carbonyl (C=O) groups is 1. The molecule has 0 saturated heterocycles. The first-order valence-electron chi connectivity index (χ1n) is 4.99. The number of nitrogens with two attached hydrogens (primary N) is 1. The van der Waals surface area contributed by atoms with Crippen molar-refractivity contribution in [1.82, 2.24) is 5.32 Å². The van der Waals surface area contributed by atoms with Crippen LogP contribution in [0.1, 0.15) is 15.9 Å². The molecule has 1 aliphatic heterocycles. The Morgan fingerprint density at radius 2 is 2.38 bits per heavy atom. The van der Waals surface area contributed by atoms with E-state index < -0.39 is 0 Å². The minimum absolute atomic E-state index is 0.389. The van der Waals surface area contributed by atoms with E-state index in [1.165, 1.54) is 7.11 Å². The van der Waals surface area contributed by atoms with E-state index in [1.54, 1.807) is 18.2 Å². The average Bonchev–Trinajstić information content (AvgIpc) is 2.81. The van der Waals surface area contributed by atoms with Gasteiger partial charge in [0.2, 0.25) is 0 Å². The molecular formula is C11H13N3O2. The Kier molecular flexibility index (Phi) is 2.76. The van der Waals surface area contributed by atoms with Crippen LogP contribution >= 0.6 is 0 Å². The summed E-state index contributed by atoms with van der Waals surface area (Å²) in [4.78, 5) is 15.5. The molecule has 0 aromatic heterocycles. The number of ether oxygens (including phenoxy) is 1. The van der Waals surface area contributed by atoms with Gasteiger partial charge in [0.25, 0.3) is 0 Å². The number of methoxy groups -OCH3 is 1. The molecule has 0 fully saturated rings. The number of aliphatic imine (C=N–C) groups is 1. The van der Waals surface area contributed by atoms with E-state index in [0.29, 0.717) is 11.3 Å². The van der Waals surface area contributed by atoms with Crippen molar-refractivity contribution in [2.24, 2.45) is 4.99 Å². The summed E-state index contributed by atoms with van der Waals surface area (Å²) in [6.45, 7) is 1.58. The van der Waals surface area contributed by atoms with Gasteiger partial charge in [-0.3, -0.25) is 4.99 Å². The summed E-state index contributed by atoms with van der Waals surface area (Å²) in [6, 6.07) is 5.06. The number of nitrogen functional groups attached to an aromatic ring is 1. The number of amidine groups is 1. The van der Waals surface area contributed by atoms with Gasteiger partial charge in [-0.1, -0.05) is 0 Å². The van der Waals surface area contributed by atoms with Crippen LogP contribution in [0.5, 0.6) is 0 Å². The summed E-state index contributed by atoms with van der Waals surface area (Å²) < 4.78 is 4.62. The molecule has 0 unspecified atom stereocenters. The maximum atomic E-state index is 11.3. The fourth-order valence-corrected chi connectivity index (χ4v) is 1.60. The highest BCUT2D eigenvalue weighted by Crippen LogP contribution is 2.16. The third-order valence-corrected chi connectivity index (χ3v) is 2.40. The van der Waals surface area contributed by atoms with Gasteiger partial charge in [0, 0.05) is 17.8 Å². The quantitative estimate of drug-likeness (QED) is 0.557. The molecule has 0 spiro atoms. The van der Waals surface area contributed by atoms with Gasteiger partial charge in [0.05, 0.1) is 19.2 Å². The van der Waals surface area contributed by atoms with Crippen LogP contribution in [-0.2, 0) is 4.74 Å². The van der Waals surface area contributed by atoms with Crippen LogP contribution in [0.25, 0.3) is 0 Å². The Morgan fingerprint density at radius 1 is 1.56 bits per heavy atom. The molecule has 0 aliphatic carbocycles. The predicted octanol–water partition coefficient (Wildman–Crippen LogP) is 0.405. The van der Waals surface area contributed by atoms with Gasteiger partial charge in [-0.15, -0.1) is 0 Å². The van der Waals surface area contributed by atoms with Gasteiger partial charge in [-0.2, -0.15) is 0 Å². The van der Waals surface area contributed by atoms with Gasteiger partial charge in [-0.25, -0.2) is 4.79 Å². The lowest BCUT2D eigenvalue weighted by atomic mass is 10.1. The monoisotopic (exact) mass is 219 g/mol. The van der Waals surface area contributed by atoms with Crippen molar-refractivity contribution in [3.63, 3.8) is 0 Å². The Balaban J connectivity index is 2.33. The third-order valence-electron chi connectivity index (χ3n) is 2.40. The maximum Gasteiger partial charge on any atom is 0.337 e. The Morgan fingerprint density at radius 3 is 2.94 bits per heavy atom. The van der Waals surface area contributed by atoms with Crippen molar-refractivity contribution in [3.8, 4) is 0 Å². The van der Waals surface area contributed by atoms with Gasteiger partial charge in [0.1, 0.15) is 5.84 Å². The van der Waals surface area contributed by atoms with E-state index in [4.69, 9.17) is 5.73 Å². The van der Waals surface area contributed by atoms with Crippen molar-refractivity contribution in [3.05, 3.63) is 29.3 Å². The maximum absolute atomic E-state index is 11.3. The van der Waals surface area contributed by atoms with Crippen LogP contribution in [0.2, 0.25) is 0 Å². The predicted molar refractivity (Wildman–Crippen MR) is 61.6 cm³/mol. The summed E-state index contributed by atoms with van der Waals surface area (Å²) in [7, 11) is 1.34. The van der Waals surface area contributed by atoms with Gasteiger partial charge < -0.3 is 15.8 Å². The Labute approximate surface area is 93.3 Å². The van der Waals surface area contributed by atoms with Crippen molar-refractivity contribution < 1.29 is 9.53 Å². The second-order valence-electron chi connectivity index (χ2n) is 3.45. The van der Waals surface area contributed by atoms with E-state index in [1.807, 2.05) is 0 Å². The van der Waals surface area contributed by atoms with Crippen molar-refractivity contribution in [2.45, 2.75) is 0 Å². The molecule has 0 saturated carbocycles. The largest absolute Gasteiger partial charge is 0.465 e. The number of nitrogens with one attached hydrogen (secondary N) is 1. The van der Waals surface area contributed by atoms with Crippen LogP contribution in [0.15, 0.2) is 23.2 Å². The summed E-state index contributed by atoms with van der Waals surface area (Å²) in [5.41, 5.74) is 7.66. The standard InChI is InChI=1S/C11H13N3O2/c1-16-11(15)7-2-3-8(9(12)6-7)10-13-4-5-14-10/h2-3,6H,4-5,12H2,1H3,(H,13,14). The molecular weight excluding hydrogens is 206 g/mol. The van der Waals surface area contributed by atoms with E-state index in [9.17, 15) is 4.79 Å². The van der Waals surface area contributed by atoms with E-state index in [2.05, 4.69) is 15.0 Å². The topological polar surface area (TPSA) is 76.7 Å². The normalized spacial score (nSPS) is 14.2. The molecule has 0 amide bonds. The number of carbonyl (C=O) groups excluding carboxylic acids is 1. The van der Waals surface area contributed by atoms with E-state index in [-0.39, 0.29) is 5.97 Å². The first kappa shape index (κ1) is 10.5. The zero-order valence-corrected chi connectivity index (χ0v) is 8.99. The number of benzene rings is 1. The first-order valence-corrected chi connectivity index (χ1v) is 4.99. The average molecular weight is 219 g/mol. The third kappa shape index (κ3) is 1.84. The number of rotatable bonds is 2. The van der Waals surface area contributed by atoms with Crippen molar-refractivity contribution in [2.75, 3.05) is 25.9 Å². The number of hydrogen-bond donors (Lipinski definition) is 2. The Bertz CT molecular complexity index is 455. The summed E-state index contributed by atoms with van der Waals surface area (Å²) in [5.74, 6) is 0.397. The lowest BCUT2D eigenvalue weighted by Gasteiger charge is -2.07. The van der Waals surface area contributed by atoms with Crippen LogP contribution in [0, 0.1) is 0 Å². The van der Waals surface area contributed by atoms with E-state index >= 15 is 0 Å². The summed E-state index contributed by atoms with van der Waals surface area (Å²) in [6.07, 6.45) is 0. The summed E-state index contributed by atoms with van der Waals surface area (Å²) in [5, 5.41) is 3.13. The SMILES string of the molecule is COC(=O)c1ccc(C2=NCCN2)c(N)c1. The highest BCUT2D eigenvalue weighted by molar-refractivity contribution is 6.05. The fraction of sp³-hybridized carbons (Fsp3) is 0.273. The van der Waals surface area contributed by atoms with Crippen molar-refractivity contribution in [1.29, 1.82) is 0 Å². The van der Waals surface area contributed by atoms with Gasteiger partial charge in [-0.05, 0) is 18.2 Å². The van der Waals surface area contributed by atoms with Crippen LogP contribution in [0.3, 0.4) is 0 Å². The Hall–Kier alpha value is -2.04. The van der Waals surface area contributed by atoms with Crippen LogP contribution in [0.4, 0.5) is 5.69 Å². The summed E-state index contributed by atoms with van der Waals surface area (Å²) >= 11 is 0. The molecule has 16 heavy (non-hydrogen) atoms. The molecule has 3 N–H and O–H groups in total. The lowest BCUT2D eigenvalue weighted by Crippen LogP contribution is -2.21. The molecule has 2 rings (SSSR count). The van der Waals surface area contributed by atoms with Crippen molar-refractivity contribution >= 4 is 17.5 Å². The zero-order chi connectivity index (χ0) is 11.5. The van der Waals surface area contributed by atoms with E-state index in [0.717, 1.165) is 24.5 Å². The highest BCUT2D eigenvalue weighted by atomic mass is 16.5. The second kappa shape index (κ2) is 4.22. The molecule has 0 radical (unpaired) electrons. The molecule has 1 aliphatic rings. The molecule has 84 valence electrons. The number of nitrogens with zero attached hydrogens (tertiary/aromatic N) is 1. The smallest absolute Gasteiger partial charge is 0.337 e.